The van der Waals surface area contributed by atoms with Gasteiger partial charge in [0.05, 0.1) is 11.9 Å². The van der Waals surface area contributed by atoms with Gasteiger partial charge in [0.1, 0.15) is 11.6 Å². The second-order valence-corrected chi connectivity index (χ2v) is 4.22. The Morgan fingerprint density at radius 3 is 2.78 bits per heavy atom. The Hall–Kier alpha value is -2.10. The van der Waals surface area contributed by atoms with Crippen LogP contribution < -0.4 is 11.1 Å². The van der Waals surface area contributed by atoms with E-state index < -0.39 is 0 Å². The predicted molar refractivity (Wildman–Crippen MR) is 72.0 cm³/mol. The summed E-state index contributed by atoms with van der Waals surface area (Å²) in [4.78, 5) is 4.00. The predicted octanol–water partition coefficient (Wildman–Crippen LogP) is 2.77. The Balaban J connectivity index is 1.90. The van der Waals surface area contributed by atoms with Gasteiger partial charge in [0.2, 0.25) is 0 Å². The van der Waals surface area contributed by atoms with Crippen LogP contribution in [0.15, 0.2) is 36.5 Å². The SMILES string of the molecule is Cc1cc(F)ccc1CCNc1ccc(N)nc1. The van der Waals surface area contributed by atoms with Gasteiger partial charge in [0.15, 0.2) is 0 Å². The van der Waals surface area contributed by atoms with Crippen molar-refractivity contribution >= 4 is 11.5 Å². The number of anilines is 2. The molecule has 0 radical (unpaired) electrons. The van der Waals surface area contributed by atoms with Crippen molar-refractivity contribution in [3.8, 4) is 0 Å². The number of aryl methyl sites for hydroxylation is 1. The molecule has 2 aromatic rings. The molecule has 1 aromatic heterocycles. The molecule has 0 aliphatic rings. The van der Waals surface area contributed by atoms with Gasteiger partial charge in [-0.2, -0.15) is 0 Å². The quantitative estimate of drug-likeness (QED) is 0.870. The molecule has 0 unspecified atom stereocenters. The normalized spacial score (nSPS) is 10.3. The summed E-state index contributed by atoms with van der Waals surface area (Å²) >= 11 is 0. The first kappa shape index (κ1) is 12.4. The molecule has 1 aromatic carbocycles. The van der Waals surface area contributed by atoms with Gasteiger partial charge >= 0.3 is 0 Å². The van der Waals surface area contributed by atoms with Crippen molar-refractivity contribution in [1.29, 1.82) is 0 Å². The standard InChI is InChI=1S/C14H16FN3/c1-10-8-12(15)3-2-11(10)6-7-17-13-4-5-14(16)18-9-13/h2-5,8-9,17H,6-7H2,1H3,(H2,16,18). The van der Waals surface area contributed by atoms with Crippen molar-refractivity contribution in [2.24, 2.45) is 0 Å². The van der Waals surface area contributed by atoms with E-state index >= 15 is 0 Å². The van der Waals surface area contributed by atoms with Crippen molar-refractivity contribution in [3.05, 3.63) is 53.5 Å². The van der Waals surface area contributed by atoms with Crippen LogP contribution in [0.3, 0.4) is 0 Å². The number of nitrogens with one attached hydrogen (secondary N) is 1. The largest absolute Gasteiger partial charge is 0.384 e. The van der Waals surface area contributed by atoms with Gasteiger partial charge < -0.3 is 11.1 Å². The molecule has 0 fully saturated rings. The minimum atomic E-state index is -0.188. The van der Waals surface area contributed by atoms with E-state index in [1.807, 2.05) is 19.1 Å². The van der Waals surface area contributed by atoms with E-state index in [4.69, 9.17) is 5.73 Å². The summed E-state index contributed by atoms with van der Waals surface area (Å²) < 4.78 is 12.9. The first-order valence-electron chi connectivity index (χ1n) is 5.85. The van der Waals surface area contributed by atoms with Crippen LogP contribution in [0.4, 0.5) is 15.9 Å². The monoisotopic (exact) mass is 245 g/mol. The molecule has 0 atom stereocenters. The zero-order chi connectivity index (χ0) is 13.0. The van der Waals surface area contributed by atoms with Crippen molar-refractivity contribution in [1.82, 2.24) is 4.98 Å². The van der Waals surface area contributed by atoms with Crippen LogP contribution in [0.25, 0.3) is 0 Å². The molecule has 0 saturated heterocycles. The van der Waals surface area contributed by atoms with Gasteiger partial charge in [-0.15, -0.1) is 0 Å². The Bertz CT molecular complexity index is 523. The number of hydrogen-bond donors (Lipinski definition) is 2. The molecule has 0 saturated carbocycles. The van der Waals surface area contributed by atoms with E-state index in [-0.39, 0.29) is 5.82 Å². The van der Waals surface area contributed by atoms with E-state index in [0.717, 1.165) is 29.8 Å². The molecule has 3 N–H and O–H groups in total. The van der Waals surface area contributed by atoms with Crippen molar-refractivity contribution < 1.29 is 4.39 Å². The maximum atomic E-state index is 12.9. The van der Waals surface area contributed by atoms with E-state index in [0.29, 0.717) is 5.82 Å². The lowest BCUT2D eigenvalue weighted by molar-refractivity contribution is 0.625. The summed E-state index contributed by atoms with van der Waals surface area (Å²) in [5.41, 5.74) is 8.56. The third-order valence-electron chi connectivity index (χ3n) is 2.81. The minimum absolute atomic E-state index is 0.188. The van der Waals surface area contributed by atoms with Crippen LogP contribution in [0.2, 0.25) is 0 Å². The number of aromatic nitrogens is 1. The van der Waals surface area contributed by atoms with Gasteiger partial charge in [0, 0.05) is 6.54 Å². The van der Waals surface area contributed by atoms with E-state index in [1.165, 1.54) is 6.07 Å². The Labute approximate surface area is 106 Å². The van der Waals surface area contributed by atoms with E-state index in [1.54, 1.807) is 18.3 Å². The summed E-state index contributed by atoms with van der Waals surface area (Å²) in [5.74, 6) is 0.321. The summed E-state index contributed by atoms with van der Waals surface area (Å²) in [5, 5.41) is 3.25. The maximum absolute atomic E-state index is 12.9. The third kappa shape index (κ3) is 3.20. The van der Waals surface area contributed by atoms with Crippen LogP contribution in [-0.4, -0.2) is 11.5 Å². The number of nitrogens with two attached hydrogens (primary N) is 1. The number of benzene rings is 1. The highest BCUT2D eigenvalue weighted by atomic mass is 19.1. The molecular weight excluding hydrogens is 229 g/mol. The molecule has 0 spiro atoms. The second-order valence-electron chi connectivity index (χ2n) is 4.22. The molecule has 2 rings (SSSR count). The van der Waals surface area contributed by atoms with Gasteiger partial charge in [-0.3, -0.25) is 0 Å². The molecule has 0 bridgehead atoms. The first-order chi connectivity index (χ1) is 8.65. The highest BCUT2D eigenvalue weighted by molar-refractivity contribution is 5.45. The fourth-order valence-corrected chi connectivity index (χ4v) is 1.79. The number of halogens is 1. The van der Waals surface area contributed by atoms with E-state index in [9.17, 15) is 4.39 Å². The molecule has 1 heterocycles. The topological polar surface area (TPSA) is 50.9 Å². The fraction of sp³-hybridized carbons (Fsp3) is 0.214. The van der Waals surface area contributed by atoms with Crippen molar-refractivity contribution in [2.45, 2.75) is 13.3 Å². The van der Waals surface area contributed by atoms with E-state index in [2.05, 4.69) is 10.3 Å². The summed E-state index contributed by atoms with van der Waals surface area (Å²) in [7, 11) is 0. The number of rotatable bonds is 4. The van der Waals surface area contributed by atoms with Crippen LogP contribution in [0.5, 0.6) is 0 Å². The van der Waals surface area contributed by atoms with Crippen LogP contribution in [0.1, 0.15) is 11.1 Å². The number of hydrogen-bond acceptors (Lipinski definition) is 3. The van der Waals surface area contributed by atoms with Crippen LogP contribution >= 0.6 is 0 Å². The lowest BCUT2D eigenvalue weighted by atomic mass is 10.1. The van der Waals surface area contributed by atoms with Gasteiger partial charge in [-0.25, -0.2) is 9.37 Å². The highest BCUT2D eigenvalue weighted by Crippen LogP contribution is 2.12. The molecule has 0 amide bonds. The molecular formula is C14H16FN3. The smallest absolute Gasteiger partial charge is 0.123 e. The van der Waals surface area contributed by atoms with Crippen molar-refractivity contribution in [3.63, 3.8) is 0 Å². The molecule has 0 aliphatic heterocycles. The Kier molecular flexibility index (Phi) is 3.77. The fourth-order valence-electron chi connectivity index (χ4n) is 1.79. The lowest BCUT2D eigenvalue weighted by Crippen LogP contribution is -2.06. The summed E-state index contributed by atoms with van der Waals surface area (Å²) in [6.07, 6.45) is 2.54. The second kappa shape index (κ2) is 5.49. The van der Waals surface area contributed by atoms with Crippen LogP contribution in [-0.2, 0) is 6.42 Å². The van der Waals surface area contributed by atoms with Gasteiger partial charge in [-0.05, 0) is 48.7 Å². The summed E-state index contributed by atoms with van der Waals surface area (Å²) in [6.45, 7) is 2.70. The Morgan fingerprint density at radius 1 is 1.28 bits per heavy atom. The first-order valence-corrected chi connectivity index (χ1v) is 5.85. The molecule has 94 valence electrons. The molecule has 18 heavy (non-hydrogen) atoms. The molecule has 4 heteroatoms. The average molecular weight is 245 g/mol. The summed E-state index contributed by atoms with van der Waals surface area (Å²) in [6, 6.07) is 8.52. The van der Waals surface area contributed by atoms with Gasteiger partial charge in [0.25, 0.3) is 0 Å². The van der Waals surface area contributed by atoms with Crippen molar-refractivity contribution in [2.75, 3.05) is 17.6 Å². The zero-order valence-corrected chi connectivity index (χ0v) is 10.3. The molecule has 0 aliphatic carbocycles. The number of nitrogens with zero attached hydrogens (tertiary/aromatic N) is 1. The Morgan fingerprint density at radius 2 is 2.11 bits per heavy atom. The van der Waals surface area contributed by atoms with Gasteiger partial charge in [-0.1, -0.05) is 6.07 Å². The van der Waals surface area contributed by atoms with Crippen LogP contribution in [0, 0.1) is 12.7 Å². The molecule has 3 nitrogen and oxygen atoms in total. The number of nitrogen functional groups attached to an aromatic ring is 1. The number of pyridine rings is 1. The third-order valence-corrected chi connectivity index (χ3v) is 2.81. The zero-order valence-electron chi connectivity index (χ0n) is 10.3. The minimum Gasteiger partial charge on any atom is -0.384 e. The average Bonchev–Trinajstić information content (AvgIpc) is 2.34. The maximum Gasteiger partial charge on any atom is 0.123 e. The lowest BCUT2D eigenvalue weighted by Gasteiger charge is -2.08. The highest BCUT2D eigenvalue weighted by Gasteiger charge is 2.00.